The summed E-state index contributed by atoms with van der Waals surface area (Å²) in [5.41, 5.74) is 4.68. The molecule has 7 nitrogen and oxygen atoms in total. The van der Waals surface area contributed by atoms with Crippen LogP contribution >= 0.6 is 24.0 Å². The lowest BCUT2D eigenvalue weighted by atomic mass is 10.0. The molecule has 2 N–H and O–H groups in total. The number of imidazole rings is 1. The van der Waals surface area contributed by atoms with E-state index in [4.69, 9.17) is 9.73 Å². The van der Waals surface area contributed by atoms with E-state index >= 15 is 0 Å². The topological polar surface area (TPSA) is 66.7 Å². The maximum atomic E-state index is 5.50. The molecule has 0 aliphatic carbocycles. The standard InChI is InChI=1S/C26H36N6O.HI/c1-4-27-25(29-19-26(2,3)32-13-15-33-16-14-32)28-17-21-9-11-22(12-10-21)18-31-20-30-23-7-5-6-8-24(23)31;/h5-12,20H,4,13-19H2,1-3H3,(H2,27,28,29);1H. The number of rotatable bonds is 8. The molecular weight excluding hydrogens is 539 g/mol. The van der Waals surface area contributed by atoms with Crippen molar-refractivity contribution >= 4 is 41.0 Å². The highest BCUT2D eigenvalue weighted by Gasteiger charge is 2.28. The Morgan fingerprint density at radius 2 is 1.74 bits per heavy atom. The van der Waals surface area contributed by atoms with Gasteiger partial charge in [-0.05, 0) is 44.0 Å². The van der Waals surface area contributed by atoms with Gasteiger partial charge in [-0.15, -0.1) is 24.0 Å². The molecule has 0 radical (unpaired) electrons. The number of nitrogens with zero attached hydrogens (tertiary/aromatic N) is 4. The maximum Gasteiger partial charge on any atom is 0.191 e. The molecule has 0 amide bonds. The Morgan fingerprint density at radius 1 is 1.03 bits per heavy atom. The highest BCUT2D eigenvalue weighted by molar-refractivity contribution is 14.0. The summed E-state index contributed by atoms with van der Waals surface area (Å²) in [6, 6.07) is 16.9. The number of halogens is 1. The second-order valence-corrected chi connectivity index (χ2v) is 9.14. The number of ether oxygens (including phenoxy) is 1. The summed E-state index contributed by atoms with van der Waals surface area (Å²) in [5, 5.41) is 6.90. The van der Waals surface area contributed by atoms with Crippen molar-refractivity contribution < 1.29 is 4.74 Å². The summed E-state index contributed by atoms with van der Waals surface area (Å²) in [7, 11) is 0. The minimum absolute atomic E-state index is 0. The smallest absolute Gasteiger partial charge is 0.191 e. The van der Waals surface area contributed by atoms with Gasteiger partial charge in [-0.1, -0.05) is 36.4 Å². The number of morpholine rings is 1. The summed E-state index contributed by atoms with van der Waals surface area (Å²) in [4.78, 5) is 11.8. The van der Waals surface area contributed by atoms with Crippen LogP contribution in [0.25, 0.3) is 11.0 Å². The number of fused-ring (bicyclic) bond motifs is 1. The van der Waals surface area contributed by atoms with Crippen LogP contribution in [0.1, 0.15) is 31.9 Å². The zero-order chi connectivity index (χ0) is 23.1. The molecule has 0 atom stereocenters. The Bertz CT molecular complexity index is 1060. The lowest BCUT2D eigenvalue weighted by Gasteiger charge is -2.41. The van der Waals surface area contributed by atoms with Gasteiger partial charge < -0.3 is 19.9 Å². The predicted molar refractivity (Wildman–Crippen MR) is 150 cm³/mol. The normalized spacial score (nSPS) is 15.2. The SMILES string of the molecule is CCNC(=NCc1ccc(Cn2cnc3ccccc32)cc1)NCC(C)(C)N1CCOCC1.I. The molecule has 8 heteroatoms. The van der Waals surface area contributed by atoms with Crippen LogP contribution in [0, 0.1) is 0 Å². The van der Waals surface area contributed by atoms with E-state index in [9.17, 15) is 0 Å². The quantitative estimate of drug-likeness (QED) is 0.242. The van der Waals surface area contributed by atoms with Crippen molar-refractivity contribution in [2.75, 3.05) is 39.4 Å². The van der Waals surface area contributed by atoms with Crippen LogP contribution in [0.15, 0.2) is 59.9 Å². The molecule has 2 heterocycles. The molecule has 0 saturated carbocycles. The second kappa shape index (κ2) is 12.5. The third-order valence-electron chi connectivity index (χ3n) is 6.22. The zero-order valence-electron chi connectivity index (χ0n) is 20.5. The van der Waals surface area contributed by atoms with Crippen LogP contribution in [0.2, 0.25) is 0 Å². The molecule has 3 aromatic rings. The van der Waals surface area contributed by atoms with Gasteiger partial charge in [0.25, 0.3) is 0 Å². The Hall–Kier alpha value is -2.17. The molecule has 184 valence electrons. The van der Waals surface area contributed by atoms with E-state index in [0.29, 0.717) is 6.54 Å². The number of guanidine groups is 1. The fourth-order valence-corrected chi connectivity index (χ4v) is 4.18. The van der Waals surface area contributed by atoms with E-state index in [-0.39, 0.29) is 29.5 Å². The summed E-state index contributed by atoms with van der Waals surface area (Å²) in [6.45, 7) is 13.3. The van der Waals surface area contributed by atoms with Crippen LogP contribution < -0.4 is 10.6 Å². The minimum atomic E-state index is 0. The maximum absolute atomic E-state index is 5.50. The molecule has 0 unspecified atom stereocenters. The first-order valence-corrected chi connectivity index (χ1v) is 11.9. The van der Waals surface area contributed by atoms with Crippen molar-refractivity contribution in [3.63, 3.8) is 0 Å². The first-order chi connectivity index (χ1) is 16.0. The van der Waals surface area contributed by atoms with Gasteiger partial charge in [-0.3, -0.25) is 4.90 Å². The van der Waals surface area contributed by atoms with Gasteiger partial charge in [0.05, 0.1) is 37.1 Å². The van der Waals surface area contributed by atoms with Gasteiger partial charge in [0.2, 0.25) is 0 Å². The zero-order valence-corrected chi connectivity index (χ0v) is 22.8. The van der Waals surface area contributed by atoms with Crippen LogP contribution in [-0.4, -0.2) is 65.3 Å². The predicted octanol–water partition coefficient (Wildman–Crippen LogP) is 3.87. The van der Waals surface area contributed by atoms with Gasteiger partial charge >= 0.3 is 0 Å². The van der Waals surface area contributed by atoms with Gasteiger partial charge in [-0.25, -0.2) is 9.98 Å². The molecule has 4 rings (SSSR count). The van der Waals surface area contributed by atoms with E-state index in [1.807, 2.05) is 18.5 Å². The van der Waals surface area contributed by atoms with Crippen molar-refractivity contribution in [1.82, 2.24) is 25.1 Å². The molecule has 0 spiro atoms. The Balaban J connectivity index is 0.00000324. The molecule has 1 aromatic heterocycles. The molecule has 1 fully saturated rings. The molecule has 0 bridgehead atoms. The first-order valence-electron chi connectivity index (χ1n) is 11.9. The number of nitrogens with one attached hydrogen (secondary N) is 2. The Labute approximate surface area is 220 Å². The van der Waals surface area contributed by atoms with Crippen LogP contribution in [0.5, 0.6) is 0 Å². The van der Waals surface area contributed by atoms with Crippen molar-refractivity contribution in [3.05, 3.63) is 66.0 Å². The summed E-state index contributed by atoms with van der Waals surface area (Å²) < 4.78 is 7.69. The fraction of sp³-hybridized carbons (Fsp3) is 0.462. The number of para-hydroxylation sites is 2. The van der Waals surface area contributed by atoms with E-state index in [1.54, 1.807) is 0 Å². The lowest BCUT2D eigenvalue weighted by molar-refractivity contribution is -0.00834. The van der Waals surface area contributed by atoms with Gasteiger partial charge in [0, 0.05) is 38.3 Å². The lowest BCUT2D eigenvalue weighted by Crippen LogP contribution is -2.56. The minimum Gasteiger partial charge on any atom is -0.379 e. The number of hydrogen-bond donors (Lipinski definition) is 2. The monoisotopic (exact) mass is 576 g/mol. The van der Waals surface area contributed by atoms with Gasteiger partial charge in [0.1, 0.15) is 0 Å². The highest BCUT2D eigenvalue weighted by atomic mass is 127. The highest BCUT2D eigenvalue weighted by Crippen LogP contribution is 2.16. The number of aromatic nitrogens is 2. The van der Waals surface area contributed by atoms with E-state index < -0.39 is 0 Å². The third-order valence-corrected chi connectivity index (χ3v) is 6.22. The number of aliphatic imine (C=N–C) groups is 1. The van der Waals surface area contributed by atoms with Crippen molar-refractivity contribution in [2.45, 2.75) is 39.4 Å². The Kier molecular flexibility index (Phi) is 9.73. The van der Waals surface area contributed by atoms with Crippen molar-refractivity contribution in [2.24, 2.45) is 4.99 Å². The van der Waals surface area contributed by atoms with Gasteiger partial charge in [0.15, 0.2) is 5.96 Å². The number of benzene rings is 2. The second-order valence-electron chi connectivity index (χ2n) is 9.14. The summed E-state index contributed by atoms with van der Waals surface area (Å²) in [6.07, 6.45) is 1.91. The van der Waals surface area contributed by atoms with Crippen molar-refractivity contribution in [3.8, 4) is 0 Å². The third kappa shape index (κ3) is 6.93. The first kappa shape index (κ1) is 26.4. The number of hydrogen-bond acceptors (Lipinski definition) is 4. The molecule has 2 aromatic carbocycles. The summed E-state index contributed by atoms with van der Waals surface area (Å²) >= 11 is 0. The molecule has 1 aliphatic heterocycles. The average Bonchev–Trinajstić information content (AvgIpc) is 3.25. The van der Waals surface area contributed by atoms with Crippen LogP contribution in [0.4, 0.5) is 0 Å². The van der Waals surface area contributed by atoms with E-state index in [0.717, 1.165) is 62.9 Å². The molecule has 34 heavy (non-hydrogen) atoms. The van der Waals surface area contributed by atoms with Crippen molar-refractivity contribution in [1.29, 1.82) is 0 Å². The average molecular weight is 577 g/mol. The summed E-state index contributed by atoms with van der Waals surface area (Å²) in [5.74, 6) is 0.854. The molecular formula is C26H37IN6O. The van der Waals surface area contributed by atoms with Crippen LogP contribution in [0.3, 0.4) is 0 Å². The molecule has 1 aliphatic rings. The van der Waals surface area contributed by atoms with E-state index in [1.165, 1.54) is 11.1 Å². The van der Waals surface area contributed by atoms with Crippen LogP contribution in [-0.2, 0) is 17.8 Å². The van der Waals surface area contributed by atoms with Gasteiger partial charge in [-0.2, -0.15) is 0 Å². The molecule has 1 saturated heterocycles. The van der Waals surface area contributed by atoms with E-state index in [2.05, 4.69) is 82.3 Å². The Morgan fingerprint density at radius 3 is 2.47 bits per heavy atom. The fourth-order valence-electron chi connectivity index (χ4n) is 4.18. The largest absolute Gasteiger partial charge is 0.379 e.